The Bertz CT molecular complexity index is 597. The molecule has 0 aliphatic rings. The van der Waals surface area contributed by atoms with Gasteiger partial charge in [0.05, 0.1) is 0 Å². The Labute approximate surface area is 119 Å². The zero-order valence-corrected chi connectivity index (χ0v) is 12.5. The second-order valence-corrected chi connectivity index (χ2v) is 5.69. The van der Waals surface area contributed by atoms with Crippen molar-refractivity contribution in [1.29, 1.82) is 0 Å². The lowest BCUT2D eigenvalue weighted by molar-refractivity contribution is 0.220. The van der Waals surface area contributed by atoms with Crippen LogP contribution in [0.25, 0.3) is 0 Å². The minimum Gasteiger partial charge on any atom is -0.384 e. The van der Waals surface area contributed by atoms with Gasteiger partial charge in [-0.15, -0.1) is 0 Å². The zero-order chi connectivity index (χ0) is 14.2. The molecule has 1 nitrogen and oxygen atoms in total. The number of halogens is 1. The number of aryl methyl sites for hydroxylation is 4. The Morgan fingerprint density at radius 2 is 1.37 bits per heavy atom. The maximum absolute atomic E-state index is 10.6. The molecule has 0 aliphatic heterocycles. The summed E-state index contributed by atoms with van der Waals surface area (Å²) in [5, 5.41) is 11.2. The highest BCUT2D eigenvalue weighted by Gasteiger charge is 2.15. The summed E-state index contributed by atoms with van der Waals surface area (Å²) >= 11 is 6.27. The monoisotopic (exact) mass is 274 g/mol. The maximum Gasteiger partial charge on any atom is 0.106 e. The first-order chi connectivity index (χ1) is 8.88. The summed E-state index contributed by atoms with van der Waals surface area (Å²) in [6, 6.07) is 9.99. The quantitative estimate of drug-likeness (QED) is 0.845. The summed E-state index contributed by atoms with van der Waals surface area (Å²) in [5.41, 5.74) is 6.24. The highest BCUT2D eigenvalue weighted by atomic mass is 35.5. The third-order valence-electron chi connectivity index (χ3n) is 3.47. The van der Waals surface area contributed by atoms with Gasteiger partial charge in [0.2, 0.25) is 0 Å². The molecule has 0 bridgehead atoms. The van der Waals surface area contributed by atoms with Gasteiger partial charge in [-0.1, -0.05) is 47.0 Å². The molecule has 0 saturated heterocycles. The summed E-state index contributed by atoms with van der Waals surface area (Å²) < 4.78 is 0. The van der Waals surface area contributed by atoms with Crippen molar-refractivity contribution in [3.63, 3.8) is 0 Å². The first-order valence-corrected chi connectivity index (χ1v) is 6.79. The van der Waals surface area contributed by atoms with Crippen LogP contribution in [0.2, 0.25) is 5.02 Å². The molecule has 0 aliphatic carbocycles. The van der Waals surface area contributed by atoms with Crippen LogP contribution in [0.5, 0.6) is 0 Å². The van der Waals surface area contributed by atoms with Crippen LogP contribution in [0.3, 0.4) is 0 Å². The molecule has 0 heterocycles. The minimum atomic E-state index is -0.676. The van der Waals surface area contributed by atoms with Crippen LogP contribution in [0, 0.1) is 27.7 Å². The first-order valence-electron chi connectivity index (χ1n) is 6.41. The number of aliphatic hydroxyl groups excluding tert-OH is 1. The van der Waals surface area contributed by atoms with Crippen molar-refractivity contribution in [2.45, 2.75) is 33.8 Å². The van der Waals surface area contributed by atoms with E-state index >= 15 is 0 Å². The minimum absolute atomic E-state index is 0.620. The largest absolute Gasteiger partial charge is 0.384 e. The van der Waals surface area contributed by atoms with E-state index in [2.05, 4.69) is 6.07 Å². The maximum atomic E-state index is 10.6. The first kappa shape index (κ1) is 14.1. The Kier molecular flexibility index (Phi) is 3.98. The van der Waals surface area contributed by atoms with Crippen LogP contribution in [-0.4, -0.2) is 5.11 Å². The van der Waals surface area contributed by atoms with Crippen LogP contribution in [0.15, 0.2) is 30.3 Å². The molecule has 2 heteroatoms. The molecule has 1 atom stereocenters. The number of benzene rings is 2. The Hall–Kier alpha value is -1.31. The second kappa shape index (κ2) is 5.36. The third kappa shape index (κ3) is 2.99. The van der Waals surface area contributed by atoms with Crippen molar-refractivity contribution in [3.05, 3.63) is 68.7 Å². The molecule has 1 N–H and O–H groups in total. The standard InChI is InChI=1S/C17H19ClO/c1-10-5-11(2)7-14(6-10)17(19)15-8-12(3)13(4)9-16(15)18/h5-9,17,19H,1-4H3. The fraction of sp³-hybridized carbons (Fsp3) is 0.294. The molecule has 0 amide bonds. The molecule has 0 saturated carbocycles. The third-order valence-corrected chi connectivity index (χ3v) is 3.79. The number of hydrogen-bond donors (Lipinski definition) is 1. The van der Waals surface area contributed by atoms with Gasteiger partial charge in [-0.3, -0.25) is 0 Å². The van der Waals surface area contributed by atoms with Gasteiger partial charge in [0.25, 0.3) is 0 Å². The molecule has 2 aromatic carbocycles. The van der Waals surface area contributed by atoms with E-state index < -0.39 is 6.10 Å². The molecular formula is C17H19ClO. The molecule has 1 unspecified atom stereocenters. The molecule has 19 heavy (non-hydrogen) atoms. The molecular weight excluding hydrogens is 256 g/mol. The van der Waals surface area contributed by atoms with Gasteiger partial charge < -0.3 is 5.11 Å². The average molecular weight is 275 g/mol. The lowest BCUT2D eigenvalue weighted by Crippen LogP contribution is -2.03. The Morgan fingerprint density at radius 1 is 0.842 bits per heavy atom. The van der Waals surface area contributed by atoms with Gasteiger partial charge in [0.15, 0.2) is 0 Å². The molecule has 2 aromatic rings. The number of aliphatic hydroxyl groups is 1. The number of hydrogen-bond acceptors (Lipinski definition) is 1. The highest BCUT2D eigenvalue weighted by Crippen LogP contribution is 2.31. The van der Waals surface area contributed by atoms with Crippen molar-refractivity contribution in [1.82, 2.24) is 0 Å². The highest BCUT2D eigenvalue weighted by molar-refractivity contribution is 6.31. The van der Waals surface area contributed by atoms with Gasteiger partial charge >= 0.3 is 0 Å². The van der Waals surface area contributed by atoms with E-state index in [1.165, 1.54) is 0 Å². The predicted octanol–water partition coefficient (Wildman–Crippen LogP) is 4.66. The molecule has 2 rings (SSSR count). The summed E-state index contributed by atoms with van der Waals surface area (Å²) in [6.45, 7) is 8.12. The van der Waals surface area contributed by atoms with Crippen LogP contribution in [0.1, 0.15) is 39.5 Å². The van der Waals surface area contributed by atoms with Gasteiger partial charge in [0, 0.05) is 10.6 Å². The van der Waals surface area contributed by atoms with E-state index in [0.717, 1.165) is 33.4 Å². The van der Waals surface area contributed by atoms with Crippen molar-refractivity contribution < 1.29 is 5.11 Å². The van der Waals surface area contributed by atoms with Crippen LogP contribution >= 0.6 is 11.6 Å². The van der Waals surface area contributed by atoms with Gasteiger partial charge in [0.1, 0.15) is 6.10 Å². The molecule has 0 fully saturated rings. The fourth-order valence-corrected chi connectivity index (χ4v) is 2.68. The predicted molar refractivity (Wildman–Crippen MR) is 80.9 cm³/mol. The van der Waals surface area contributed by atoms with E-state index in [4.69, 9.17) is 11.6 Å². The lowest BCUT2D eigenvalue weighted by atomic mass is 9.95. The number of rotatable bonds is 2. The van der Waals surface area contributed by atoms with Crippen LogP contribution < -0.4 is 0 Å². The van der Waals surface area contributed by atoms with Gasteiger partial charge in [-0.25, -0.2) is 0 Å². The fourth-order valence-electron chi connectivity index (χ4n) is 2.36. The summed E-state index contributed by atoms with van der Waals surface area (Å²) in [4.78, 5) is 0. The van der Waals surface area contributed by atoms with Crippen molar-refractivity contribution in [3.8, 4) is 0 Å². The van der Waals surface area contributed by atoms with Crippen molar-refractivity contribution in [2.75, 3.05) is 0 Å². The molecule has 100 valence electrons. The summed E-state index contributed by atoms with van der Waals surface area (Å²) in [5.74, 6) is 0. The topological polar surface area (TPSA) is 20.2 Å². The van der Waals surface area contributed by atoms with E-state index in [9.17, 15) is 5.11 Å². The van der Waals surface area contributed by atoms with Gasteiger partial charge in [-0.05, 0) is 50.5 Å². The Morgan fingerprint density at radius 3 is 1.95 bits per heavy atom. The smallest absolute Gasteiger partial charge is 0.106 e. The summed E-state index contributed by atoms with van der Waals surface area (Å²) in [7, 11) is 0. The normalized spacial score (nSPS) is 12.5. The molecule has 0 radical (unpaired) electrons. The summed E-state index contributed by atoms with van der Waals surface area (Å²) in [6.07, 6.45) is -0.676. The molecule has 0 aromatic heterocycles. The van der Waals surface area contributed by atoms with Crippen LogP contribution in [0.4, 0.5) is 0 Å². The van der Waals surface area contributed by atoms with Gasteiger partial charge in [-0.2, -0.15) is 0 Å². The van der Waals surface area contributed by atoms with E-state index in [1.54, 1.807) is 0 Å². The Balaban J connectivity index is 2.49. The SMILES string of the molecule is Cc1cc(C)cc(C(O)c2cc(C)c(C)cc2Cl)c1. The molecule has 0 spiro atoms. The zero-order valence-electron chi connectivity index (χ0n) is 11.8. The van der Waals surface area contributed by atoms with E-state index in [0.29, 0.717) is 5.02 Å². The van der Waals surface area contributed by atoms with Crippen molar-refractivity contribution >= 4 is 11.6 Å². The van der Waals surface area contributed by atoms with Crippen LogP contribution in [-0.2, 0) is 0 Å². The lowest BCUT2D eigenvalue weighted by Gasteiger charge is -2.16. The second-order valence-electron chi connectivity index (χ2n) is 5.28. The van der Waals surface area contributed by atoms with E-state index in [1.807, 2.05) is 52.0 Å². The average Bonchev–Trinajstić information content (AvgIpc) is 2.31. The van der Waals surface area contributed by atoms with Crippen molar-refractivity contribution in [2.24, 2.45) is 0 Å². The van der Waals surface area contributed by atoms with E-state index in [-0.39, 0.29) is 0 Å².